The minimum Gasteiger partial charge on any atom is -0.198 e. The summed E-state index contributed by atoms with van der Waals surface area (Å²) >= 11 is 1.78. The molecule has 2 heteroatoms. The first-order chi connectivity index (χ1) is 7.17. The Morgan fingerprint density at radius 3 is 2.60 bits per heavy atom. The second-order valence-corrected chi connectivity index (χ2v) is 4.88. The molecule has 0 heterocycles. The van der Waals surface area contributed by atoms with E-state index in [1.165, 1.54) is 16.0 Å². The molecule has 80 valence electrons. The molecule has 0 aliphatic rings. The highest BCUT2D eigenvalue weighted by atomic mass is 32.2. The molecule has 1 aromatic rings. The number of nitrogens with zero attached hydrogens (tertiary/aromatic N) is 1. The molecule has 0 aliphatic carbocycles. The third kappa shape index (κ3) is 3.60. The Balaban J connectivity index is 2.59. The molecule has 0 N–H and O–H groups in total. The van der Waals surface area contributed by atoms with Crippen molar-refractivity contribution in [2.24, 2.45) is 5.92 Å². The fourth-order valence-corrected chi connectivity index (χ4v) is 2.38. The fraction of sp³-hybridized carbons (Fsp3) is 0.462. The first kappa shape index (κ1) is 12.1. The van der Waals surface area contributed by atoms with Gasteiger partial charge in [-0.3, -0.25) is 0 Å². The van der Waals surface area contributed by atoms with E-state index in [-0.39, 0.29) is 5.92 Å². The minimum absolute atomic E-state index is 0.177. The zero-order valence-electron chi connectivity index (χ0n) is 9.58. The summed E-state index contributed by atoms with van der Waals surface area (Å²) in [5.74, 6) is 1.08. The second kappa shape index (κ2) is 5.82. The molecule has 0 spiro atoms. The van der Waals surface area contributed by atoms with Crippen molar-refractivity contribution < 1.29 is 0 Å². The summed E-state index contributed by atoms with van der Waals surface area (Å²) < 4.78 is 0. The van der Waals surface area contributed by atoms with Crippen LogP contribution < -0.4 is 0 Å². The van der Waals surface area contributed by atoms with Crippen LogP contribution in [0.3, 0.4) is 0 Å². The smallest absolute Gasteiger partial charge is 0.0664 e. The minimum atomic E-state index is 0.177. The Morgan fingerprint density at radius 2 is 2.07 bits per heavy atom. The van der Waals surface area contributed by atoms with E-state index < -0.39 is 0 Å². The summed E-state index contributed by atoms with van der Waals surface area (Å²) in [5, 5.41) is 8.84. The fourth-order valence-electron chi connectivity index (χ4n) is 1.25. The lowest BCUT2D eigenvalue weighted by atomic mass is 10.1. The predicted octanol–water partition coefficient (Wildman–Crippen LogP) is 3.95. The van der Waals surface area contributed by atoms with E-state index in [0.29, 0.717) is 0 Å². The van der Waals surface area contributed by atoms with Crippen LogP contribution in [0.2, 0.25) is 0 Å². The van der Waals surface area contributed by atoms with E-state index in [2.05, 4.69) is 45.0 Å². The van der Waals surface area contributed by atoms with Crippen molar-refractivity contribution in [3.8, 4) is 6.07 Å². The van der Waals surface area contributed by atoms with Crippen LogP contribution in [0.4, 0.5) is 0 Å². The Bertz CT molecular complexity index is 365. The number of benzene rings is 1. The summed E-state index contributed by atoms with van der Waals surface area (Å²) in [6.45, 7) is 6.31. The van der Waals surface area contributed by atoms with Gasteiger partial charge in [0.05, 0.1) is 12.0 Å². The van der Waals surface area contributed by atoms with Gasteiger partial charge in [0, 0.05) is 10.6 Å². The van der Waals surface area contributed by atoms with E-state index in [4.69, 9.17) is 5.26 Å². The van der Waals surface area contributed by atoms with Crippen LogP contribution in [0.1, 0.15) is 24.5 Å². The average molecular weight is 219 g/mol. The van der Waals surface area contributed by atoms with Crippen molar-refractivity contribution in [3.63, 3.8) is 0 Å². The van der Waals surface area contributed by atoms with Crippen molar-refractivity contribution in [3.05, 3.63) is 29.3 Å². The van der Waals surface area contributed by atoms with Crippen LogP contribution in [-0.2, 0) is 0 Å². The van der Waals surface area contributed by atoms with Crippen LogP contribution >= 0.6 is 11.8 Å². The summed E-state index contributed by atoms with van der Waals surface area (Å²) in [6, 6.07) is 8.81. The highest BCUT2D eigenvalue weighted by Crippen LogP contribution is 2.23. The van der Waals surface area contributed by atoms with Crippen LogP contribution in [-0.4, -0.2) is 5.75 Å². The maximum Gasteiger partial charge on any atom is 0.0664 e. The Hall–Kier alpha value is -0.940. The first-order valence-electron chi connectivity index (χ1n) is 5.27. The number of hydrogen-bond acceptors (Lipinski definition) is 2. The SMILES string of the molecule is CCC(C#N)CSc1ccc(C)c(C)c1. The van der Waals surface area contributed by atoms with Gasteiger partial charge in [-0.1, -0.05) is 13.0 Å². The van der Waals surface area contributed by atoms with Crippen molar-refractivity contribution in [1.29, 1.82) is 5.26 Å². The summed E-state index contributed by atoms with van der Waals surface area (Å²) in [4.78, 5) is 1.27. The lowest BCUT2D eigenvalue weighted by Crippen LogP contribution is -1.97. The molecule has 15 heavy (non-hydrogen) atoms. The van der Waals surface area contributed by atoms with Gasteiger partial charge < -0.3 is 0 Å². The normalized spacial score (nSPS) is 12.1. The van der Waals surface area contributed by atoms with Gasteiger partial charge in [0.2, 0.25) is 0 Å². The number of aryl methyl sites for hydroxylation is 2. The molecule has 1 nitrogen and oxygen atoms in total. The van der Waals surface area contributed by atoms with E-state index >= 15 is 0 Å². The van der Waals surface area contributed by atoms with Gasteiger partial charge in [-0.05, 0) is 43.5 Å². The van der Waals surface area contributed by atoms with Crippen LogP contribution in [0.25, 0.3) is 0 Å². The van der Waals surface area contributed by atoms with Crippen molar-refractivity contribution in [2.45, 2.75) is 32.1 Å². The third-order valence-corrected chi connectivity index (χ3v) is 3.76. The van der Waals surface area contributed by atoms with Crippen molar-refractivity contribution in [2.75, 3.05) is 5.75 Å². The largest absolute Gasteiger partial charge is 0.198 e. The topological polar surface area (TPSA) is 23.8 Å². The molecule has 1 rings (SSSR count). The molecule has 1 unspecified atom stereocenters. The monoisotopic (exact) mass is 219 g/mol. The van der Waals surface area contributed by atoms with Gasteiger partial charge in [-0.15, -0.1) is 11.8 Å². The number of nitriles is 1. The first-order valence-corrected chi connectivity index (χ1v) is 6.25. The highest BCUT2D eigenvalue weighted by Gasteiger charge is 2.05. The van der Waals surface area contributed by atoms with Gasteiger partial charge in [0.1, 0.15) is 0 Å². The molecule has 0 amide bonds. The predicted molar refractivity (Wildman–Crippen MR) is 66.0 cm³/mol. The van der Waals surface area contributed by atoms with Crippen molar-refractivity contribution >= 4 is 11.8 Å². The lowest BCUT2D eigenvalue weighted by Gasteiger charge is -2.07. The molecule has 1 atom stereocenters. The van der Waals surface area contributed by atoms with Gasteiger partial charge in [0.25, 0.3) is 0 Å². The molecule has 0 radical (unpaired) electrons. The maximum atomic E-state index is 8.84. The lowest BCUT2D eigenvalue weighted by molar-refractivity contribution is 0.724. The van der Waals surface area contributed by atoms with Crippen LogP contribution in [0.5, 0.6) is 0 Å². The summed E-state index contributed by atoms with van der Waals surface area (Å²) in [5.41, 5.74) is 2.65. The number of rotatable bonds is 4. The number of thioether (sulfide) groups is 1. The summed E-state index contributed by atoms with van der Waals surface area (Å²) in [6.07, 6.45) is 0.939. The molecule has 0 aliphatic heterocycles. The average Bonchev–Trinajstić information content (AvgIpc) is 2.24. The third-order valence-electron chi connectivity index (χ3n) is 2.60. The molecule has 0 fully saturated rings. The quantitative estimate of drug-likeness (QED) is 0.716. The highest BCUT2D eigenvalue weighted by molar-refractivity contribution is 7.99. The van der Waals surface area contributed by atoms with Crippen molar-refractivity contribution in [1.82, 2.24) is 0 Å². The van der Waals surface area contributed by atoms with Gasteiger partial charge in [-0.2, -0.15) is 5.26 Å². The second-order valence-electron chi connectivity index (χ2n) is 3.79. The zero-order chi connectivity index (χ0) is 11.3. The van der Waals surface area contributed by atoms with Gasteiger partial charge in [0.15, 0.2) is 0 Å². The Morgan fingerprint density at radius 1 is 1.33 bits per heavy atom. The van der Waals surface area contributed by atoms with E-state index in [1.807, 2.05) is 0 Å². The van der Waals surface area contributed by atoms with Crippen LogP contribution in [0.15, 0.2) is 23.1 Å². The molecule has 1 aromatic carbocycles. The van der Waals surface area contributed by atoms with E-state index in [1.54, 1.807) is 11.8 Å². The molecule has 0 saturated carbocycles. The van der Waals surface area contributed by atoms with Crippen LogP contribution in [0, 0.1) is 31.1 Å². The van der Waals surface area contributed by atoms with E-state index in [9.17, 15) is 0 Å². The number of hydrogen-bond donors (Lipinski definition) is 0. The molecule has 0 saturated heterocycles. The maximum absolute atomic E-state index is 8.84. The van der Waals surface area contributed by atoms with Gasteiger partial charge >= 0.3 is 0 Å². The zero-order valence-corrected chi connectivity index (χ0v) is 10.4. The molecular formula is C13H17NS. The van der Waals surface area contributed by atoms with E-state index in [0.717, 1.165) is 12.2 Å². The molecule has 0 aromatic heterocycles. The summed E-state index contributed by atoms with van der Waals surface area (Å²) in [7, 11) is 0. The molecule has 0 bridgehead atoms. The Labute approximate surface area is 96.5 Å². The Kier molecular flexibility index (Phi) is 4.71. The van der Waals surface area contributed by atoms with Gasteiger partial charge in [-0.25, -0.2) is 0 Å². The standard InChI is InChI=1S/C13H17NS/c1-4-12(8-14)9-15-13-6-5-10(2)11(3)7-13/h5-7,12H,4,9H2,1-3H3. The molecular weight excluding hydrogens is 202 g/mol.